The fourth-order valence-corrected chi connectivity index (χ4v) is 3.40. The van der Waals surface area contributed by atoms with Gasteiger partial charge in [-0.3, -0.25) is 9.59 Å². The second-order valence-electron chi connectivity index (χ2n) is 5.26. The van der Waals surface area contributed by atoms with Crippen LogP contribution in [0.15, 0.2) is 24.3 Å². The third-order valence-corrected chi connectivity index (χ3v) is 4.79. The molecule has 22 heavy (non-hydrogen) atoms. The van der Waals surface area contributed by atoms with Crippen LogP contribution >= 0.6 is 11.8 Å². The number of benzene rings is 1. The topological polar surface area (TPSA) is 46.6 Å². The molecule has 1 heterocycles. The van der Waals surface area contributed by atoms with Gasteiger partial charge in [0.1, 0.15) is 5.82 Å². The molecule has 0 saturated carbocycles. The maximum atomic E-state index is 13.5. The summed E-state index contributed by atoms with van der Waals surface area (Å²) in [5.74, 6) is 0.334. The minimum atomic E-state index is -0.235. The average Bonchev–Trinajstić information content (AvgIpc) is 2.56. The van der Waals surface area contributed by atoms with Gasteiger partial charge in [-0.2, -0.15) is 0 Å². The van der Waals surface area contributed by atoms with Crippen molar-refractivity contribution in [2.75, 3.05) is 26.0 Å². The first-order valence-electron chi connectivity index (χ1n) is 7.28. The molecule has 4 nitrogen and oxygen atoms in total. The van der Waals surface area contributed by atoms with E-state index in [9.17, 15) is 14.0 Å². The smallest absolute Gasteiger partial charge is 0.308 e. The van der Waals surface area contributed by atoms with Crippen LogP contribution in [0.5, 0.6) is 0 Å². The van der Waals surface area contributed by atoms with E-state index in [1.54, 1.807) is 23.1 Å². The van der Waals surface area contributed by atoms with Crippen LogP contribution in [0.2, 0.25) is 0 Å². The van der Waals surface area contributed by atoms with E-state index >= 15 is 0 Å². The van der Waals surface area contributed by atoms with Gasteiger partial charge in [-0.25, -0.2) is 4.39 Å². The molecular formula is C16H20FNO3S. The highest BCUT2D eigenvalue weighted by Gasteiger charge is 2.27. The summed E-state index contributed by atoms with van der Waals surface area (Å²) in [5.41, 5.74) is 0.615. The Hall–Kier alpha value is -1.56. The van der Waals surface area contributed by atoms with E-state index < -0.39 is 0 Å². The number of thioether (sulfide) groups is 1. The summed E-state index contributed by atoms with van der Waals surface area (Å²) in [6, 6.07) is 6.60. The first-order valence-corrected chi connectivity index (χ1v) is 8.44. The van der Waals surface area contributed by atoms with Crippen LogP contribution in [0.1, 0.15) is 18.4 Å². The van der Waals surface area contributed by atoms with Crippen molar-refractivity contribution in [1.82, 2.24) is 4.90 Å². The molecular weight excluding hydrogens is 305 g/mol. The monoisotopic (exact) mass is 325 g/mol. The fraction of sp³-hybridized carbons (Fsp3) is 0.500. The molecule has 0 N–H and O–H groups in total. The van der Waals surface area contributed by atoms with E-state index in [0.717, 1.165) is 0 Å². The van der Waals surface area contributed by atoms with Crippen molar-refractivity contribution in [2.24, 2.45) is 5.92 Å². The number of nitrogens with zero attached hydrogens (tertiary/aromatic N) is 1. The first-order chi connectivity index (χ1) is 10.6. The van der Waals surface area contributed by atoms with Gasteiger partial charge < -0.3 is 9.64 Å². The molecule has 1 aliphatic heterocycles. The van der Waals surface area contributed by atoms with Crippen molar-refractivity contribution in [3.8, 4) is 0 Å². The van der Waals surface area contributed by atoms with Gasteiger partial charge in [0, 0.05) is 18.8 Å². The molecule has 1 amide bonds. The van der Waals surface area contributed by atoms with E-state index in [4.69, 9.17) is 4.74 Å². The Morgan fingerprint density at radius 1 is 1.32 bits per heavy atom. The number of amides is 1. The van der Waals surface area contributed by atoms with E-state index in [1.165, 1.54) is 24.9 Å². The van der Waals surface area contributed by atoms with Crippen molar-refractivity contribution in [3.05, 3.63) is 35.6 Å². The minimum Gasteiger partial charge on any atom is -0.469 e. The van der Waals surface area contributed by atoms with Gasteiger partial charge in [-0.1, -0.05) is 18.2 Å². The fourth-order valence-electron chi connectivity index (χ4n) is 2.49. The number of hydrogen-bond acceptors (Lipinski definition) is 4. The van der Waals surface area contributed by atoms with E-state index in [1.807, 2.05) is 0 Å². The predicted molar refractivity (Wildman–Crippen MR) is 83.9 cm³/mol. The Morgan fingerprint density at radius 3 is 2.64 bits per heavy atom. The van der Waals surface area contributed by atoms with Crippen LogP contribution in [0, 0.1) is 11.7 Å². The highest BCUT2D eigenvalue weighted by Crippen LogP contribution is 2.20. The largest absolute Gasteiger partial charge is 0.469 e. The highest BCUT2D eigenvalue weighted by molar-refractivity contribution is 7.99. The third kappa shape index (κ3) is 4.47. The summed E-state index contributed by atoms with van der Waals surface area (Å²) in [7, 11) is 1.39. The predicted octanol–water partition coefficient (Wildman–Crippen LogP) is 2.47. The Bertz CT molecular complexity index is 530. The maximum absolute atomic E-state index is 13.5. The Kier molecular flexibility index (Phi) is 6.24. The molecule has 0 atom stereocenters. The molecule has 0 aromatic heterocycles. The summed E-state index contributed by atoms with van der Waals surface area (Å²) in [4.78, 5) is 25.3. The first kappa shape index (κ1) is 16.8. The molecule has 0 spiro atoms. The molecule has 120 valence electrons. The molecule has 0 radical (unpaired) electrons. The number of likely N-dealkylation sites (tertiary alicyclic amines) is 1. The summed E-state index contributed by atoms with van der Waals surface area (Å²) in [5, 5.41) is 0. The van der Waals surface area contributed by atoms with Crippen molar-refractivity contribution >= 4 is 23.6 Å². The lowest BCUT2D eigenvalue weighted by Crippen LogP contribution is -2.41. The summed E-state index contributed by atoms with van der Waals surface area (Å²) < 4.78 is 18.2. The molecule has 0 unspecified atom stereocenters. The average molecular weight is 325 g/mol. The van der Waals surface area contributed by atoms with E-state index in [0.29, 0.717) is 43.0 Å². The number of carbonyl (C=O) groups is 2. The number of piperidine rings is 1. The van der Waals surface area contributed by atoms with Crippen molar-refractivity contribution in [1.29, 1.82) is 0 Å². The summed E-state index contributed by atoms with van der Waals surface area (Å²) >= 11 is 1.41. The molecule has 1 aliphatic rings. The zero-order valence-electron chi connectivity index (χ0n) is 12.6. The van der Waals surface area contributed by atoms with E-state index in [2.05, 4.69) is 0 Å². The molecule has 0 bridgehead atoms. The minimum absolute atomic E-state index is 0.0460. The molecule has 1 aromatic rings. The third-order valence-electron chi connectivity index (χ3n) is 3.82. The lowest BCUT2D eigenvalue weighted by atomic mass is 9.97. The van der Waals surface area contributed by atoms with Gasteiger partial charge >= 0.3 is 5.97 Å². The van der Waals surface area contributed by atoms with Crippen LogP contribution < -0.4 is 0 Å². The standard InChI is InChI=1S/C16H20FNO3S/c1-21-16(20)12-6-8-18(9-7-12)15(19)11-22-10-13-4-2-3-5-14(13)17/h2-5,12H,6-11H2,1H3. The van der Waals surface area contributed by atoms with E-state index in [-0.39, 0.29) is 23.6 Å². The number of hydrogen-bond donors (Lipinski definition) is 0. The van der Waals surface area contributed by atoms with Gasteiger partial charge in [-0.15, -0.1) is 11.8 Å². The quantitative estimate of drug-likeness (QED) is 0.780. The Morgan fingerprint density at radius 2 is 2.00 bits per heavy atom. The van der Waals surface area contributed by atoms with Gasteiger partial charge in [0.15, 0.2) is 0 Å². The SMILES string of the molecule is COC(=O)C1CCN(C(=O)CSCc2ccccc2F)CC1. The zero-order chi connectivity index (χ0) is 15.9. The zero-order valence-corrected chi connectivity index (χ0v) is 13.4. The lowest BCUT2D eigenvalue weighted by Gasteiger charge is -2.30. The molecule has 1 aromatic carbocycles. The van der Waals surface area contributed by atoms with Gasteiger partial charge in [-0.05, 0) is 24.5 Å². The molecule has 1 saturated heterocycles. The molecule has 6 heteroatoms. The normalized spacial score (nSPS) is 15.6. The van der Waals surface area contributed by atoms with Crippen LogP contribution in [-0.2, 0) is 20.1 Å². The van der Waals surface area contributed by atoms with Crippen LogP contribution in [-0.4, -0.2) is 42.7 Å². The second-order valence-corrected chi connectivity index (χ2v) is 6.25. The number of carbonyl (C=O) groups excluding carboxylic acids is 2. The molecule has 1 fully saturated rings. The lowest BCUT2D eigenvalue weighted by molar-refractivity contribution is -0.148. The maximum Gasteiger partial charge on any atom is 0.308 e. The number of esters is 1. The van der Waals surface area contributed by atoms with Crippen LogP contribution in [0.3, 0.4) is 0 Å². The Balaban J connectivity index is 1.72. The van der Waals surface area contributed by atoms with Crippen molar-refractivity contribution in [2.45, 2.75) is 18.6 Å². The second kappa shape index (κ2) is 8.17. The van der Waals surface area contributed by atoms with Crippen molar-refractivity contribution < 1.29 is 18.7 Å². The van der Waals surface area contributed by atoms with Crippen molar-refractivity contribution in [3.63, 3.8) is 0 Å². The summed E-state index contributed by atoms with van der Waals surface area (Å²) in [6.45, 7) is 1.16. The molecule has 0 aliphatic carbocycles. The summed E-state index contributed by atoms with van der Waals surface area (Å²) in [6.07, 6.45) is 1.30. The number of methoxy groups -OCH3 is 1. The van der Waals surface area contributed by atoms with Crippen LogP contribution in [0.4, 0.5) is 4.39 Å². The van der Waals surface area contributed by atoms with Gasteiger partial charge in [0.25, 0.3) is 0 Å². The van der Waals surface area contributed by atoms with Gasteiger partial charge in [0.2, 0.25) is 5.91 Å². The Labute approximate surface area is 134 Å². The molecule has 2 rings (SSSR count). The number of ether oxygens (including phenoxy) is 1. The highest BCUT2D eigenvalue weighted by atomic mass is 32.2. The number of rotatable bonds is 5. The van der Waals surface area contributed by atoms with Crippen LogP contribution in [0.25, 0.3) is 0 Å². The number of halogens is 1. The van der Waals surface area contributed by atoms with Gasteiger partial charge in [0.05, 0.1) is 18.8 Å².